The maximum absolute atomic E-state index is 4.95. The average molecular weight is 282 g/mol. The first kappa shape index (κ1) is 10.6. The molecule has 0 amide bonds. The summed E-state index contributed by atoms with van der Waals surface area (Å²) in [4.78, 5) is 0. The Kier molecular flexibility index (Phi) is 3.29. The number of thiocarbonyl (C=S) groups is 3. The molecule has 0 aromatic rings. The second kappa shape index (κ2) is 4.33. The highest BCUT2D eigenvalue weighted by Gasteiger charge is 2.59. The fraction of sp³-hybridized carbons (Fsp3) is 0. The van der Waals surface area contributed by atoms with E-state index in [4.69, 9.17) is 34.9 Å². The number of rotatable bonds is 2. The third-order valence-electron chi connectivity index (χ3n) is 1.15. The van der Waals surface area contributed by atoms with Crippen molar-refractivity contribution in [2.45, 2.75) is 0 Å². The Morgan fingerprint density at radius 3 is 1.57 bits per heavy atom. The van der Waals surface area contributed by atoms with Gasteiger partial charge in [0.25, 0.3) is 15.7 Å². The Morgan fingerprint density at radius 2 is 1.29 bits per heavy atom. The maximum Gasteiger partial charge on any atom is 1.20 e. The van der Waals surface area contributed by atoms with Crippen LogP contribution in [0.1, 0.15) is 0 Å². The molecule has 11 heteroatoms. The minimum absolute atomic E-state index is 0.0685. The third-order valence-corrected chi connectivity index (χ3v) is 5.20. The topological polar surface area (TPSA) is 55.4 Å². The van der Waals surface area contributed by atoms with Crippen molar-refractivity contribution in [3.63, 3.8) is 0 Å². The molecule has 0 saturated carbocycles. The molecule has 0 aromatic carbocycles. The van der Waals surface area contributed by atoms with Gasteiger partial charge in [-0.05, 0) is 36.7 Å². The van der Waals surface area contributed by atoms with Gasteiger partial charge in [0.1, 0.15) is 0 Å². The van der Waals surface area contributed by atoms with Crippen LogP contribution in [0.2, 0.25) is 0 Å². The second-order valence-corrected chi connectivity index (χ2v) is 5.60. The van der Waals surface area contributed by atoms with Gasteiger partial charge in [0.2, 0.25) is 0 Å². The van der Waals surface area contributed by atoms with E-state index in [-0.39, 0.29) is 15.7 Å². The van der Waals surface area contributed by atoms with Crippen LogP contribution in [0.25, 0.3) is 0 Å². The number of hydrogen-bond acceptors (Lipinski definition) is 9. The molecule has 0 N–H and O–H groups in total. The zero-order valence-electron chi connectivity index (χ0n) is 6.33. The molecule has 0 radical (unpaired) electrons. The SMILES string of the molecule is S=C1[O][Al]([O]C(=S)[O][Al]2[O]C(=S)[O]2)[O]1. The van der Waals surface area contributed by atoms with Gasteiger partial charge in [-0.2, -0.15) is 0 Å². The largest absolute Gasteiger partial charge is 1.20 e. The molecule has 2 aliphatic heterocycles. The summed E-state index contributed by atoms with van der Waals surface area (Å²) in [6.07, 6.45) is 0. The van der Waals surface area contributed by atoms with Crippen molar-refractivity contribution >= 4 is 82.7 Å². The summed E-state index contributed by atoms with van der Waals surface area (Å²) in [6.45, 7) is 0. The first-order valence-corrected chi connectivity index (χ1v) is 7.30. The van der Waals surface area contributed by atoms with Crippen molar-refractivity contribution < 1.29 is 22.7 Å². The molecule has 0 atom stereocenters. The van der Waals surface area contributed by atoms with E-state index in [1.54, 1.807) is 0 Å². The van der Waals surface area contributed by atoms with Gasteiger partial charge in [0.15, 0.2) is 0 Å². The molecule has 2 saturated heterocycles. The number of hydrogen-bond donors (Lipinski definition) is 0. The van der Waals surface area contributed by atoms with Crippen molar-refractivity contribution in [1.29, 1.82) is 0 Å². The van der Waals surface area contributed by atoms with Gasteiger partial charge in [-0.1, -0.05) is 0 Å². The Labute approximate surface area is 105 Å². The Hall–Kier alpha value is 0.135. The monoisotopic (exact) mass is 282 g/mol. The van der Waals surface area contributed by atoms with Gasteiger partial charge in [0, 0.05) is 0 Å². The molecular formula is C3Al2O6S3. The average Bonchev–Trinajstić information content (AvgIpc) is 1.98. The molecule has 72 valence electrons. The summed E-state index contributed by atoms with van der Waals surface area (Å²) in [6, 6.07) is 0. The highest BCUT2D eigenvalue weighted by molar-refractivity contribution is 7.80. The van der Waals surface area contributed by atoms with Gasteiger partial charge >= 0.3 is 30.3 Å². The van der Waals surface area contributed by atoms with Crippen molar-refractivity contribution in [3.8, 4) is 0 Å². The summed E-state index contributed by atoms with van der Waals surface area (Å²) in [5, 5.41) is 0.0152. The highest BCUT2D eigenvalue weighted by atomic mass is 32.1. The molecule has 2 aliphatic rings. The van der Waals surface area contributed by atoms with E-state index >= 15 is 0 Å². The summed E-state index contributed by atoms with van der Waals surface area (Å²) in [5.74, 6) is 0. The molecule has 2 fully saturated rings. The lowest BCUT2D eigenvalue weighted by molar-refractivity contribution is 0.138. The van der Waals surface area contributed by atoms with Gasteiger partial charge in [-0.25, -0.2) is 0 Å². The van der Waals surface area contributed by atoms with Crippen molar-refractivity contribution in [3.05, 3.63) is 0 Å². The lowest BCUT2D eigenvalue weighted by Gasteiger charge is -2.26. The molecule has 0 spiro atoms. The second-order valence-electron chi connectivity index (χ2n) is 2.03. The van der Waals surface area contributed by atoms with E-state index < -0.39 is 30.3 Å². The van der Waals surface area contributed by atoms with E-state index in [9.17, 15) is 0 Å². The summed E-state index contributed by atoms with van der Waals surface area (Å²) in [5.41, 5.74) is 0. The minimum Gasteiger partial charge on any atom is -0.544 e. The van der Waals surface area contributed by atoms with Crippen LogP contribution in [-0.4, -0.2) is 46.0 Å². The molecule has 2 heterocycles. The van der Waals surface area contributed by atoms with Crippen LogP contribution in [0.3, 0.4) is 0 Å². The Balaban J connectivity index is 1.64. The van der Waals surface area contributed by atoms with E-state index in [1.807, 2.05) is 0 Å². The third kappa shape index (κ3) is 2.58. The fourth-order valence-electron chi connectivity index (χ4n) is 0.613. The first-order chi connectivity index (χ1) is 6.63. The highest BCUT2D eigenvalue weighted by Crippen LogP contribution is 2.12. The summed E-state index contributed by atoms with van der Waals surface area (Å²) >= 11 is 9.33. The first-order valence-electron chi connectivity index (χ1n) is 3.25. The molecule has 6 nitrogen and oxygen atoms in total. The standard InChI is InChI=1S/3CH2O2S.2Al/c3*2-1(3)4;;/h3*(H2,2,3,4);;/q;;;2*+3/p-6. The van der Waals surface area contributed by atoms with Crippen LogP contribution in [-0.2, 0) is 22.7 Å². The summed E-state index contributed by atoms with van der Waals surface area (Å²) < 4.78 is 29.2. The smallest absolute Gasteiger partial charge is 0.544 e. The molecule has 0 aromatic heterocycles. The van der Waals surface area contributed by atoms with E-state index in [1.165, 1.54) is 0 Å². The quantitative estimate of drug-likeness (QED) is 0.512. The van der Waals surface area contributed by atoms with Crippen LogP contribution < -0.4 is 0 Å². The van der Waals surface area contributed by atoms with Gasteiger partial charge in [0.05, 0.1) is 0 Å². The molecule has 14 heavy (non-hydrogen) atoms. The molecule has 0 unspecified atom stereocenters. The lowest BCUT2D eigenvalue weighted by Crippen LogP contribution is -2.48. The molecular weight excluding hydrogens is 282 g/mol. The minimum atomic E-state index is -2.21. The Bertz CT molecular complexity index is 265. The van der Waals surface area contributed by atoms with Gasteiger partial charge < -0.3 is 22.7 Å². The van der Waals surface area contributed by atoms with E-state index in [0.29, 0.717) is 0 Å². The predicted molar refractivity (Wildman–Crippen MR) is 55.8 cm³/mol. The predicted octanol–water partition coefficient (Wildman–Crippen LogP) is -0.0623. The van der Waals surface area contributed by atoms with E-state index in [0.717, 1.165) is 0 Å². The Morgan fingerprint density at radius 1 is 0.929 bits per heavy atom. The maximum atomic E-state index is 4.95. The van der Waals surface area contributed by atoms with Crippen LogP contribution in [0.15, 0.2) is 0 Å². The van der Waals surface area contributed by atoms with Crippen LogP contribution in [0.5, 0.6) is 0 Å². The molecule has 0 bridgehead atoms. The van der Waals surface area contributed by atoms with Gasteiger partial charge in [-0.15, -0.1) is 0 Å². The van der Waals surface area contributed by atoms with Crippen LogP contribution >= 0.6 is 36.7 Å². The lowest BCUT2D eigenvalue weighted by atomic mass is 11.5. The van der Waals surface area contributed by atoms with Crippen molar-refractivity contribution in [1.82, 2.24) is 0 Å². The van der Waals surface area contributed by atoms with Crippen molar-refractivity contribution in [2.24, 2.45) is 0 Å². The normalized spacial score (nSPS) is 17.7. The van der Waals surface area contributed by atoms with Crippen LogP contribution in [0.4, 0.5) is 0 Å². The fourth-order valence-corrected chi connectivity index (χ4v) is 3.42. The molecule has 0 aliphatic carbocycles. The molecule has 2 rings (SSSR count). The summed E-state index contributed by atoms with van der Waals surface area (Å²) in [7, 11) is 0. The van der Waals surface area contributed by atoms with Crippen molar-refractivity contribution in [2.75, 3.05) is 0 Å². The van der Waals surface area contributed by atoms with Gasteiger partial charge in [-0.3, -0.25) is 0 Å². The van der Waals surface area contributed by atoms with E-state index in [2.05, 4.69) is 24.4 Å². The zero-order chi connectivity index (χ0) is 10.1. The van der Waals surface area contributed by atoms with Crippen LogP contribution in [0, 0.1) is 0 Å². The zero-order valence-corrected chi connectivity index (χ0v) is 11.1.